The van der Waals surface area contributed by atoms with E-state index in [-0.39, 0.29) is 43.8 Å². The molecule has 12 heteroatoms. The lowest BCUT2D eigenvalue weighted by Crippen LogP contribution is -2.25. The predicted octanol–water partition coefficient (Wildman–Crippen LogP) is 6.40. The standard InChI is InChI=1S/C20H25FN2O4.C15H17FN2O2/c1-20(2,3)27-18(24)7-4-13(9-21)12-26-17-8-14-11-23(15-5-6-15)19(25)16(14)10-22-17;1-2-10(6-16)9-20-14-5-11-8-18(12-3-4-12)15(19)13(11)7-17-14/h8-10,15H,4-7,11-12H2,1-3H3;5-7,12H,2-4,8-9H2,1H3/b13-9+;10-6+. The van der Waals surface area contributed by atoms with Gasteiger partial charge in [-0.15, -0.1) is 0 Å². The van der Waals surface area contributed by atoms with Gasteiger partial charge < -0.3 is 24.0 Å². The summed E-state index contributed by atoms with van der Waals surface area (Å²) in [6.07, 6.45) is 9.32. The Morgan fingerprint density at radius 1 is 0.830 bits per heavy atom. The molecule has 2 aliphatic heterocycles. The van der Waals surface area contributed by atoms with E-state index in [0.717, 1.165) is 36.8 Å². The second kappa shape index (κ2) is 14.6. The van der Waals surface area contributed by atoms with Crippen LogP contribution in [0.2, 0.25) is 0 Å². The first-order chi connectivity index (χ1) is 22.5. The summed E-state index contributed by atoms with van der Waals surface area (Å²) >= 11 is 0. The highest BCUT2D eigenvalue weighted by Gasteiger charge is 2.39. The number of hydrogen-bond donors (Lipinski definition) is 0. The monoisotopic (exact) mass is 652 g/mol. The fraction of sp³-hybridized carbons (Fsp3) is 0.514. The third kappa shape index (κ3) is 8.93. The van der Waals surface area contributed by atoms with Crippen LogP contribution >= 0.6 is 0 Å². The van der Waals surface area contributed by atoms with E-state index in [0.29, 0.717) is 78.3 Å². The Kier molecular flexibility index (Phi) is 10.6. The number of hydrogen-bond acceptors (Lipinski definition) is 8. The Labute approximate surface area is 273 Å². The molecule has 2 amide bonds. The van der Waals surface area contributed by atoms with Crippen molar-refractivity contribution in [1.29, 1.82) is 0 Å². The molecule has 0 bridgehead atoms. The molecule has 0 aromatic carbocycles. The van der Waals surface area contributed by atoms with Crippen molar-refractivity contribution in [1.82, 2.24) is 19.8 Å². The molecule has 2 aromatic heterocycles. The van der Waals surface area contributed by atoms with Gasteiger partial charge in [-0.05, 0) is 81.6 Å². The SMILES string of the molecule is CC(C)(C)OC(=O)CC/C(=C\F)COc1cc2c(cn1)C(=O)N(C1CC1)C2.CC/C(=C\F)COc1cc2c(cn1)C(=O)N(C1CC1)C2. The van der Waals surface area contributed by atoms with Crippen LogP contribution in [0.1, 0.15) is 104 Å². The highest BCUT2D eigenvalue weighted by atomic mass is 19.1. The van der Waals surface area contributed by atoms with Crippen molar-refractivity contribution in [3.8, 4) is 11.8 Å². The fourth-order valence-corrected chi connectivity index (χ4v) is 5.29. The van der Waals surface area contributed by atoms with Gasteiger partial charge in [0.2, 0.25) is 11.8 Å². The number of aromatic nitrogens is 2. The molecule has 2 saturated carbocycles. The first kappa shape index (κ1) is 34.0. The van der Waals surface area contributed by atoms with Crippen LogP contribution in [0, 0.1) is 0 Å². The van der Waals surface area contributed by atoms with Gasteiger partial charge in [0, 0.05) is 56.1 Å². The largest absolute Gasteiger partial charge is 0.473 e. The van der Waals surface area contributed by atoms with Crippen molar-refractivity contribution >= 4 is 17.8 Å². The lowest BCUT2D eigenvalue weighted by Gasteiger charge is -2.19. The van der Waals surface area contributed by atoms with Gasteiger partial charge in [0.05, 0.1) is 23.8 Å². The third-order valence-electron chi connectivity index (χ3n) is 8.21. The van der Waals surface area contributed by atoms with Crippen LogP contribution < -0.4 is 9.47 Å². The lowest BCUT2D eigenvalue weighted by atomic mass is 10.1. The second-order valence-corrected chi connectivity index (χ2v) is 13.2. The lowest BCUT2D eigenvalue weighted by molar-refractivity contribution is -0.154. The molecule has 2 aromatic rings. The van der Waals surface area contributed by atoms with Crippen molar-refractivity contribution < 1.29 is 37.4 Å². The summed E-state index contributed by atoms with van der Waals surface area (Å²) in [5.74, 6) is 0.502. The zero-order valence-corrected chi connectivity index (χ0v) is 27.4. The molecule has 0 N–H and O–H groups in total. The van der Waals surface area contributed by atoms with Crippen LogP contribution in [0.25, 0.3) is 0 Å². The summed E-state index contributed by atoms with van der Waals surface area (Å²) in [5, 5.41) is 0. The Bertz CT molecular complexity index is 1560. The van der Waals surface area contributed by atoms with E-state index in [1.807, 2.05) is 16.7 Å². The van der Waals surface area contributed by atoms with E-state index in [1.54, 1.807) is 39.1 Å². The summed E-state index contributed by atoms with van der Waals surface area (Å²) in [6.45, 7) is 8.62. The van der Waals surface area contributed by atoms with Crippen molar-refractivity contribution in [2.75, 3.05) is 13.2 Å². The number of nitrogens with zero attached hydrogens (tertiary/aromatic N) is 4. The minimum atomic E-state index is -0.562. The molecule has 252 valence electrons. The maximum Gasteiger partial charge on any atom is 0.306 e. The Hall–Kier alpha value is -4.35. The second-order valence-electron chi connectivity index (χ2n) is 13.2. The maximum absolute atomic E-state index is 13.1. The van der Waals surface area contributed by atoms with Crippen molar-refractivity contribution in [3.63, 3.8) is 0 Å². The third-order valence-corrected chi connectivity index (χ3v) is 8.21. The Balaban J connectivity index is 0.000000193. The van der Waals surface area contributed by atoms with E-state index in [4.69, 9.17) is 14.2 Å². The van der Waals surface area contributed by atoms with Crippen LogP contribution in [-0.2, 0) is 22.6 Å². The number of carbonyl (C=O) groups is 3. The van der Waals surface area contributed by atoms with Crippen LogP contribution in [0.15, 0.2) is 48.3 Å². The topological polar surface area (TPSA) is 111 Å². The molecular weight excluding hydrogens is 610 g/mol. The van der Waals surface area contributed by atoms with Gasteiger partial charge in [0.25, 0.3) is 11.8 Å². The van der Waals surface area contributed by atoms with Gasteiger partial charge >= 0.3 is 5.97 Å². The summed E-state index contributed by atoms with van der Waals surface area (Å²) in [6, 6.07) is 4.28. The van der Waals surface area contributed by atoms with Gasteiger partial charge in [-0.1, -0.05) is 6.92 Å². The Morgan fingerprint density at radius 2 is 1.30 bits per heavy atom. The first-order valence-electron chi connectivity index (χ1n) is 16.1. The van der Waals surface area contributed by atoms with Crippen LogP contribution in [0.5, 0.6) is 11.8 Å². The van der Waals surface area contributed by atoms with E-state index in [9.17, 15) is 23.2 Å². The van der Waals surface area contributed by atoms with Crippen LogP contribution in [0.3, 0.4) is 0 Å². The molecule has 2 fully saturated rings. The molecule has 0 unspecified atom stereocenters. The summed E-state index contributed by atoms with van der Waals surface area (Å²) in [5.41, 5.74) is 3.49. The zero-order valence-electron chi connectivity index (χ0n) is 27.4. The zero-order chi connectivity index (χ0) is 33.7. The molecular formula is C35H42F2N4O6. The predicted molar refractivity (Wildman–Crippen MR) is 169 cm³/mol. The number of amides is 2. The van der Waals surface area contributed by atoms with E-state index >= 15 is 0 Å². The van der Waals surface area contributed by atoms with Crippen LogP contribution in [0.4, 0.5) is 8.78 Å². The molecule has 0 atom stereocenters. The molecule has 10 nitrogen and oxygen atoms in total. The maximum atomic E-state index is 13.1. The number of ether oxygens (including phenoxy) is 3. The average molecular weight is 653 g/mol. The summed E-state index contributed by atoms with van der Waals surface area (Å²) in [4.78, 5) is 48.2. The van der Waals surface area contributed by atoms with Crippen molar-refractivity contribution in [2.45, 2.75) is 103 Å². The number of pyridine rings is 2. The van der Waals surface area contributed by atoms with Gasteiger partial charge in [0.15, 0.2) is 0 Å². The molecule has 0 radical (unpaired) electrons. The van der Waals surface area contributed by atoms with Crippen molar-refractivity contribution in [3.05, 3.63) is 70.6 Å². The van der Waals surface area contributed by atoms with Crippen molar-refractivity contribution in [2.24, 2.45) is 0 Å². The molecule has 0 spiro atoms. The van der Waals surface area contributed by atoms with Gasteiger partial charge in [-0.3, -0.25) is 14.4 Å². The molecule has 4 heterocycles. The highest BCUT2D eigenvalue weighted by molar-refractivity contribution is 5.99. The number of fused-ring (bicyclic) bond motifs is 2. The summed E-state index contributed by atoms with van der Waals surface area (Å²) < 4.78 is 41.8. The minimum Gasteiger partial charge on any atom is -0.473 e. The van der Waals surface area contributed by atoms with Crippen LogP contribution in [-0.4, -0.2) is 68.4 Å². The highest BCUT2D eigenvalue weighted by Crippen LogP contribution is 2.36. The molecule has 6 rings (SSSR count). The van der Waals surface area contributed by atoms with E-state index < -0.39 is 5.60 Å². The molecule has 2 aliphatic carbocycles. The average Bonchev–Trinajstić information content (AvgIpc) is 3.98. The fourth-order valence-electron chi connectivity index (χ4n) is 5.29. The number of esters is 1. The quantitative estimate of drug-likeness (QED) is 0.243. The summed E-state index contributed by atoms with van der Waals surface area (Å²) in [7, 11) is 0. The first-order valence-corrected chi connectivity index (χ1v) is 16.1. The number of carbonyl (C=O) groups excluding carboxylic acids is 3. The number of halogens is 2. The van der Waals surface area contributed by atoms with Gasteiger partial charge in [-0.25, -0.2) is 18.7 Å². The van der Waals surface area contributed by atoms with E-state index in [2.05, 4.69) is 9.97 Å². The smallest absolute Gasteiger partial charge is 0.306 e. The normalized spacial score (nSPS) is 17.7. The van der Waals surface area contributed by atoms with Gasteiger partial charge in [-0.2, -0.15) is 0 Å². The molecule has 4 aliphatic rings. The molecule has 0 saturated heterocycles. The van der Waals surface area contributed by atoms with Gasteiger partial charge in [0.1, 0.15) is 18.8 Å². The minimum absolute atomic E-state index is 0.00856. The Morgan fingerprint density at radius 3 is 1.70 bits per heavy atom. The van der Waals surface area contributed by atoms with E-state index in [1.165, 1.54) is 6.20 Å². The number of rotatable bonds is 12. The molecule has 47 heavy (non-hydrogen) atoms.